The number of aromatic nitrogens is 2. The Kier molecular flexibility index (Phi) is 4.91. The zero-order chi connectivity index (χ0) is 18.1. The van der Waals surface area contributed by atoms with E-state index < -0.39 is 0 Å². The molecule has 2 heterocycles. The van der Waals surface area contributed by atoms with Gasteiger partial charge in [-0.05, 0) is 54.8 Å². The second-order valence-electron chi connectivity index (χ2n) is 6.05. The molecular weight excluding hydrogens is 416 g/mol. The fourth-order valence-corrected chi connectivity index (χ4v) is 4.02. The molecule has 1 aliphatic rings. The molecule has 0 saturated heterocycles. The molecule has 0 unspecified atom stereocenters. The van der Waals surface area contributed by atoms with Gasteiger partial charge in [0.05, 0.1) is 0 Å². The minimum Gasteiger partial charge on any atom is -0.486 e. The molecule has 0 bridgehead atoms. The lowest BCUT2D eigenvalue weighted by atomic mass is 10.1. The standard InChI is InChI=1S/C19H17BrN2O3S/c1-11-3-4-13(7-12(11)2)18-21-22-19(25-18)26-10-14-8-16-17(9-15(14)20)24-6-5-23-16/h3-4,7-9H,5-6,10H2,1-2H3. The molecule has 1 aromatic heterocycles. The van der Waals surface area contributed by atoms with Crippen LogP contribution in [0.4, 0.5) is 0 Å². The van der Waals surface area contributed by atoms with Crippen molar-refractivity contribution < 1.29 is 13.9 Å². The molecule has 2 aromatic carbocycles. The summed E-state index contributed by atoms with van der Waals surface area (Å²) in [6.45, 7) is 5.31. The van der Waals surface area contributed by atoms with Crippen LogP contribution >= 0.6 is 27.7 Å². The summed E-state index contributed by atoms with van der Waals surface area (Å²) in [6, 6.07) is 10.1. The van der Waals surface area contributed by atoms with Crippen molar-refractivity contribution in [2.75, 3.05) is 13.2 Å². The molecule has 134 valence electrons. The van der Waals surface area contributed by atoms with Crippen molar-refractivity contribution >= 4 is 27.7 Å². The van der Waals surface area contributed by atoms with E-state index >= 15 is 0 Å². The van der Waals surface area contributed by atoms with Gasteiger partial charge in [0.25, 0.3) is 5.22 Å². The first kappa shape index (κ1) is 17.4. The number of thioether (sulfide) groups is 1. The Morgan fingerprint density at radius 1 is 1.00 bits per heavy atom. The Bertz CT molecular complexity index is 958. The predicted molar refractivity (Wildman–Crippen MR) is 104 cm³/mol. The molecule has 3 aromatic rings. The SMILES string of the molecule is Cc1ccc(-c2nnc(SCc3cc4c(cc3Br)OCCO4)o2)cc1C. The van der Waals surface area contributed by atoms with Crippen molar-refractivity contribution in [2.45, 2.75) is 24.8 Å². The number of benzene rings is 2. The van der Waals surface area contributed by atoms with E-state index in [0.29, 0.717) is 30.1 Å². The minimum absolute atomic E-state index is 0.539. The quantitative estimate of drug-likeness (QED) is 0.529. The van der Waals surface area contributed by atoms with Crippen LogP contribution in [-0.2, 0) is 5.75 Å². The summed E-state index contributed by atoms with van der Waals surface area (Å²) in [7, 11) is 0. The van der Waals surface area contributed by atoms with Gasteiger partial charge in [0.15, 0.2) is 11.5 Å². The van der Waals surface area contributed by atoms with Crippen LogP contribution in [0.15, 0.2) is 44.4 Å². The fourth-order valence-electron chi connectivity index (χ4n) is 2.62. The zero-order valence-electron chi connectivity index (χ0n) is 14.4. The van der Waals surface area contributed by atoms with E-state index in [0.717, 1.165) is 27.1 Å². The van der Waals surface area contributed by atoms with E-state index in [1.165, 1.54) is 22.9 Å². The first-order valence-corrected chi connectivity index (χ1v) is 10.00. The molecule has 0 spiro atoms. The molecule has 0 radical (unpaired) electrons. The second-order valence-corrected chi connectivity index (χ2v) is 7.83. The topological polar surface area (TPSA) is 57.4 Å². The van der Waals surface area contributed by atoms with Crippen LogP contribution < -0.4 is 9.47 Å². The molecule has 0 amide bonds. The maximum absolute atomic E-state index is 5.81. The third-order valence-electron chi connectivity index (χ3n) is 4.22. The average molecular weight is 433 g/mol. The van der Waals surface area contributed by atoms with Crippen LogP contribution in [-0.4, -0.2) is 23.4 Å². The molecular formula is C19H17BrN2O3S. The Morgan fingerprint density at radius 3 is 2.54 bits per heavy atom. The number of nitrogens with zero attached hydrogens (tertiary/aromatic N) is 2. The monoisotopic (exact) mass is 432 g/mol. The number of halogens is 1. The third kappa shape index (κ3) is 3.59. The van der Waals surface area contributed by atoms with Crippen molar-refractivity contribution in [3.63, 3.8) is 0 Å². The Hall–Kier alpha value is -1.99. The number of hydrogen-bond donors (Lipinski definition) is 0. The van der Waals surface area contributed by atoms with E-state index in [-0.39, 0.29) is 0 Å². The summed E-state index contributed by atoms with van der Waals surface area (Å²) in [6.07, 6.45) is 0. The molecule has 26 heavy (non-hydrogen) atoms. The first-order valence-electron chi connectivity index (χ1n) is 8.22. The van der Waals surface area contributed by atoms with Crippen molar-refractivity contribution in [3.8, 4) is 23.0 Å². The van der Waals surface area contributed by atoms with Crippen molar-refractivity contribution in [1.29, 1.82) is 0 Å². The summed E-state index contributed by atoms with van der Waals surface area (Å²) in [4.78, 5) is 0. The van der Waals surface area contributed by atoms with Gasteiger partial charge in [-0.1, -0.05) is 33.8 Å². The largest absolute Gasteiger partial charge is 0.486 e. The Labute approximate surface area is 164 Å². The van der Waals surface area contributed by atoms with Crippen LogP contribution in [0, 0.1) is 13.8 Å². The van der Waals surface area contributed by atoms with Gasteiger partial charge in [-0.3, -0.25) is 0 Å². The first-order chi connectivity index (χ1) is 12.6. The van der Waals surface area contributed by atoms with Crippen LogP contribution in [0.3, 0.4) is 0 Å². The molecule has 1 aliphatic heterocycles. The van der Waals surface area contributed by atoms with E-state index in [9.17, 15) is 0 Å². The predicted octanol–water partition coefficient (Wildman–Crippen LogP) is 5.18. The number of ether oxygens (including phenoxy) is 2. The summed E-state index contributed by atoms with van der Waals surface area (Å²) in [5, 5.41) is 8.86. The van der Waals surface area contributed by atoms with E-state index in [4.69, 9.17) is 13.9 Å². The number of hydrogen-bond acceptors (Lipinski definition) is 6. The number of rotatable bonds is 4. The van der Waals surface area contributed by atoms with Gasteiger partial charge in [0.2, 0.25) is 5.89 Å². The van der Waals surface area contributed by atoms with Gasteiger partial charge in [-0.25, -0.2) is 0 Å². The fraction of sp³-hybridized carbons (Fsp3) is 0.263. The summed E-state index contributed by atoms with van der Waals surface area (Å²) in [5.41, 5.74) is 4.47. The van der Waals surface area contributed by atoms with Gasteiger partial charge >= 0.3 is 0 Å². The Balaban J connectivity index is 1.49. The zero-order valence-corrected chi connectivity index (χ0v) is 16.8. The van der Waals surface area contributed by atoms with Crippen molar-refractivity contribution in [3.05, 3.63) is 51.5 Å². The van der Waals surface area contributed by atoms with Gasteiger partial charge in [0.1, 0.15) is 13.2 Å². The summed E-state index contributed by atoms with van der Waals surface area (Å²) in [5.74, 6) is 2.77. The highest BCUT2D eigenvalue weighted by Gasteiger charge is 2.16. The second kappa shape index (κ2) is 7.32. The molecule has 4 rings (SSSR count). The molecule has 0 aliphatic carbocycles. The highest BCUT2D eigenvalue weighted by molar-refractivity contribution is 9.10. The maximum Gasteiger partial charge on any atom is 0.277 e. The van der Waals surface area contributed by atoms with Crippen molar-refractivity contribution in [1.82, 2.24) is 10.2 Å². The molecule has 0 atom stereocenters. The minimum atomic E-state index is 0.539. The van der Waals surface area contributed by atoms with Gasteiger partial charge < -0.3 is 13.9 Å². The molecule has 0 fully saturated rings. The average Bonchev–Trinajstić information content (AvgIpc) is 3.11. The molecule has 0 N–H and O–H groups in total. The number of fused-ring (bicyclic) bond motifs is 1. The summed E-state index contributed by atoms with van der Waals surface area (Å²) >= 11 is 5.08. The van der Waals surface area contributed by atoms with E-state index in [1.807, 2.05) is 18.2 Å². The van der Waals surface area contributed by atoms with Gasteiger partial charge in [-0.15, -0.1) is 10.2 Å². The molecule has 5 nitrogen and oxygen atoms in total. The van der Waals surface area contributed by atoms with E-state index in [2.05, 4.69) is 52.1 Å². The number of aryl methyl sites for hydroxylation is 2. The van der Waals surface area contributed by atoms with Crippen molar-refractivity contribution in [2.24, 2.45) is 0 Å². The normalized spacial score (nSPS) is 13.0. The lowest BCUT2D eigenvalue weighted by molar-refractivity contribution is 0.171. The third-order valence-corrected chi connectivity index (χ3v) is 5.83. The van der Waals surface area contributed by atoms with Crippen LogP contribution in [0.5, 0.6) is 11.5 Å². The highest BCUT2D eigenvalue weighted by Crippen LogP contribution is 2.38. The van der Waals surface area contributed by atoms with Gasteiger partial charge in [-0.2, -0.15) is 0 Å². The van der Waals surface area contributed by atoms with Crippen LogP contribution in [0.25, 0.3) is 11.5 Å². The highest BCUT2D eigenvalue weighted by atomic mass is 79.9. The lowest BCUT2D eigenvalue weighted by Gasteiger charge is -2.19. The van der Waals surface area contributed by atoms with Crippen LogP contribution in [0.2, 0.25) is 0 Å². The lowest BCUT2D eigenvalue weighted by Crippen LogP contribution is -2.15. The van der Waals surface area contributed by atoms with Crippen LogP contribution in [0.1, 0.15) is 16.7 Å². The Morgan fingerprint density at radius 2 is 1.77 bits per heavy atom. The summed E-state index contributed by atoms with van der Waals surface area (Å²) < 4.78 is 18.0. The molecule has 7 heteroatoms. The smallest absolute Gasteiger partial charge is 0.277 e. The maximum atomic E-state index is 5.81. The van der Waals surface area contributed by atoms with E-state index in [1.54, 1.807) is 0 Å². The molecule has 0 saturated carbocycles. The van der Waals surface area contributed by atoms with Gasteiger partial charge in [0, 0.05) is 15.8 Å².